The minimum Gasteiger partial charge on any atom is -0.373 e. The first-order chi connectivity index (χ1) is 13.8. The third-order valence-corrected chi connectivity index (χ3v) is 7.65. The summed E-state index contributed by atoms with van der Waals surface area (Å²) < 4.78 is 33.8. The lowest BCUT2D eigenvalue weighted by Gasteiger charge is -2.32. The lowest BCUT2D eigenvalue weighted by Crippen LogP contribution is -2.47. The molecule has 0 bridgehead atoms. The number of likely N-dealkylation sites (N-methyl/N-ethyl adjacent to an activating group) is 1. The average molecular weight is 424 g/mol. The molecule has 162 valence electrons. The molecule has 3 rings (SSSR count). The molecule has 2 N–H and O–H groups in total. The van der Waals surface area contributed by atoms with Crippen molar-refractivity contribution in [2.75, 3.05) is 53.4 Å². The van der Waals surface area contributed by atoms with Gasteiger partial charge in [0.05, 0.1) is 10.5 Å². The molecular weight excluding hydrogens is 390 g/mol. The van der Waals surface area contributed by atoms with Crippen LogP contribution in [0.2, 0.25) is 0 Å². The minimum atomic E-state index is -3.52. The lowest BCUT2D eigenvalue weighted by atomic mass is 10.0. The van der Waals surface area contributed by atoms with Crippen molar-refractivity contribution < 1.29 is 13.2 Å². The lowest BCUT2D eigenvalue weighted by molar-refractivity contribution is 0.0243. The van der Waals surface area contributed by atoms with Crippen molar-refractivity contribution in [3.63, 3.8) is 0 Å². The van der Waals surface area contributed by atoms with Crippen LogP contribution in [0.15, 0.2) is 34.2 Å². The molecule has 2 aliphatic rings. The molecule has 2 saturated heterocycles. The quantitative estimate of drug-likeness (QED) is 0.521. The Labute approximate surface area is 174 Å². The number of nitrogens with one attached hydrogen (secondary N) is 2. The van der Waals surface area contributed by atoms with Crippen molar-refractivity contribution in [2.45, 2.75) is 36.8 Å². The van der Waals surface area contributed by atoms with Crippen LogP contribution >= 0.6 is 0 Å². The number of hydrogen-bond acceptors (Lipinski definition) is 5. The van der Waals surface area contributed by atoms with Crippen molar-refractivity contribution in [3.05, 3.63) is 29.8 Å². The zero-order valence-electron chi connectivity index (χ0n) is 17.6. The van der Waals surface area contributed by atoms with Gasteiger partial charge in [0.25, 0.3) is 0 Å². The van der Waals surface area contributed by atoms with E-state index in [1.54, 1.807) is 23.5 Å². The number of rotatable bonds is 6. The molecule has 1 aromatic rings. The van der Waals surface area contributed by atoms with E-state index < -0.39 is 10.0 Å². The third-order valence-electron chi connectivity index (χ3n) is 5.65. The second-order valence-corrected chi connectivity index (χ2v) is 9.90. The molecule has 8 nitrogen and oxygen atoms in total. The molecular formula is C20H33N5O3S. The molecule has 2 fully saturated rings. The van der Waals surface area contributed by atoms with Crippen LogP contribution in [-0.2, 0) is 21.3 Å². The average Bonchev–Trinajstić information content (AvgIpc) is 3.15. The Balaban J connectivity index is 1.65. The first-order valence-corrected chi connectivity index (χ1v) is 11.6. The van der Waals surface area contributed by atoms with Gasteiger partial charge >= 0.3 is 0 Å². The summed E-state index contributed by atoms with van der Waals surface area (Å²) in [4.78, 5) is 6.76. The Hall–Kier alpha value is -1.68. The van der Waals surface area contributed by atoms with Gasteiger partial charge in [-0.2, -0.15) is 4.31 Å². The van der Waals surface area contributed by atoms with Gasteiger partial charge in [-0.25, -0.2) is 8.42 Å². The SMILES string of the molecule is CN=C(NCc1ccccc1S(=O)(=O)N1CCN(C)CC1)NCC1(C)CCCO1. The van der Waals surface area contributed by atoms with E-state index >= 15 is 0 Å². The Morgan fingerprint density at radius 1 is 1.21 bits per heavy atom. The van der Waals surface area contributed by atoms with Crippen LogP contribution in [0.4, 0.5) is 0 Å². The number of benzene rings is 1. The molecule has 0 aromatic heterocycles. The Morgan fingerprint density at radius 2 is 1.93 bits per heavy atom. The van der Waals surface area contributed by atoms with Gasteiger partial charge in [-0.1, -0.05) is 18.2 Å². The van der Waals surface area contributed by atoms with Gasteiger partial charge in [0, 0.05) is 52.9 Å². The summed E-state index contributed by atoms with van der Waals surface area (Å²) in [5.74, 6) is 0.633. The molecule has 9 heteroatoms. The van der Waals surface area contributed by atoms with Gasteiger partial charge in [0.15, 0.2) is 5.96 Å². The second kappa shape index (κ2) is 9.42. The molecule has 0 amide bonds. The van der Waals surface area contributed by atoms with Crippen LogP contribution in [0.5, 0.6) is 0 Å². The van der Waals surface area contributed by atoms with Gasteiger partial charge < -0.3 is 20.3 Å². The van der Waals surface area contributed by atoms with E-state index in [1.165, 1.54) is 0 Å². The van der Waals surface area contributed by atoms with Crippen LogP contribution in [-0.4, -0.2) is 82.6 Å². The van der Waals surface area contributed by atoms with Crippen molar-refractivity contribution in [3.8, 4) is 0 Å². The molecule has 1 unspecified atom stereocenters. The minimum absolute atomic E-state index is 0.180. The number of piperazine rings is 1. The van der Waals surface area contributed by atoms with E-state index in [0.717, 1.165) is 38.1 Å². The number of aliphatic imine (C=N–C) groups is 1. The molecule has 2 aliphatic heterocycles. The number of sulfonamides is 1. The molecule has 1 aromatic carbocycles. The first-order valence-electron chi connectivity index (χ1n) is 10.2. The monoisotopic (exact) mass is 423 g/mol. The summed E-state index contributed by atoms with van der Waals surface area (Å²) >= 11 is 0. The summed E-state index contributed by atoms with van der Waals surface area (Å²) in [6, 6.07) is 7.18. The van der Waals surface area contributed by atoms with Gasteiger partial charge in [-0.15, -0.1) is 0 Å². The van der Waals surface area contributed by atoms with Crippen molar-refractivity contribution in [1.82, 2.24) is 19.8 Å². The van der Waals surface area contributed by atoms with E-state index in [9.17, 15) is 8.42 Å². The van der Waals surface area contributed by atoms with Gasteiger partial charge in [0.1, 0.15) is 0 Å². The highest BCUT2D eigenvalue weighted by atomic mass is 32.2. The highest BCUT2D eigenvalue weighted by Crippen LogP contribution is 2.24. The molecule has 1 atom stereocenters. The fourth-order valence-corrected chi connectivity index (χ4v) is 5.36. The van der Waals surface area contributed by atoms with E-state index in [1.807, 2.05) is 19.2 Å². The summed E-state index contributed by atoms with van der Waals surface area (Å²) in [5, 5.41) is 6.54. The van der Waals surface area contributed by atoms with E-state index in [-0.39, 0.29) is 5.60 Å². The van der Waals surface area contributed by atoms with E-state index in [2.05, 4.69) is 27.4 Å². The van der Waals surface area contributed by atoms with Crippen molar-refractivity contribution in [2.24, 2.45) is 4.99 Å². The second-order valence-electron chi connectivity index (χ2n) is 8.00. The van der Waals surface area contributed by atoms with Crippen molar-refractivity contribution >= 4 is 16.0 Å². The Morgan fingerprint density at radius 3 is 2.59 bits per heavy atom. The fourth-order valence-electron chi connectivity index (χ4n) is 3.72. The molecule has 0 aliphatic carbocycles. The number of guanidine groups is 1. The predicted molar refractivity (Wildman–Crippen MR) is 114 cm³/mol. The predicted octanol–water partition coefficient (Wildman–Crippen LogP) is 0.857. The van der Waals surface area contributed by atoms with Crippen LogP contribution in [0, 0.1) is 0 Å². The van der Waals surface area contributed by atoms with Crippen LogP contribution in [0.1, 0.15) is 25.3 Å². The number of hydrogen-bond donors (Lipinski definition) is 2. The van der Waals surface area contributed by atoms with Crippen LogP contribution < -0.4 is 10.6 Å². The number of ether oxygens (including phenoxy) is 1. The standard InChI is InChI=1S/C20H33N5O3S/c1-20(9-6-14-28-20)16-23-19(21-2)22-15-17-7-4-5-8-18(17)29(26,27)25-12-10-24(3)11-13-25/h4-5,7-8H,6,9-16H2,1-3H3,(H2,21,22,23). The Kier molecular flexibility index (Phi) is 7.15. The normalized spacial score (nSPS) is 24.6. The fraction of sp³-hybridized carbons (Fsp3) is 0.650. The summed E-state index contributed by atoms with van der Waals surface area (Å²) in [7, 11) is 0.200. The number of nitrogens with zero attached hydrogens (tertiary/aromatic N) is 3. The molecule has 0 radical (unpaired) electrons. The van der Waals surface area contributed by atoms with Gasteiger partial charge in [-0.05, 0) is 38.4 Å². The molecule has 29 heavy (non-hydrogen) atoms. The molecule has 0 spiro atoms. The highest BCUT2D eigenvalue weighted by molar-refractivity contribution is 7.89. The highest BCUT2D eigenvalue weighted by Gasteiger charge is 2.30. The third kappa shape index (κ3) is 5.48. The summed E-state index contributed by atoms with van der Waals surface area (Å²) in [5.41, 5.74) is 0.554. The van der Waals surface area contributed by atoms with Crippen molar-refractivity contribution in [1.29, 1.82) is 0 Å². The maximum Gasteiger partial charge on any atom is 0.243 e. The van der Waals surface area contributed by atoms with E-state index in [0.29, 0.717) is 37.0 Å². The molecule has 0 saturated carbocycles. The summed E-state index contributed by atoms with van der Waals surface area (Å²) in [6.45, 7) is 6.45. The smallest absolute Gasteiger partial charge is 0.243 e. The van der Waals surface area contributed by atoms with Crippen LogP contribution in [0.3, 0.4) is 0 Å². The zero-order valence-corrected chi connectivity index (χ0v) is 18.5. The van der Waals surface area contributed by atoms with E-state index in [4.69, 9.17) is 4.74 Å². The molecule has 2 heterocycles. The maximum atomic E-state index is 13.2. The first kappa shape index (κ1) is 22.0. The topological polar surface area (TPSA) is 86.3 Å². The maximum absolute atomic E-state index is 13.2. The van der Waals surface area contributed by atoms with Crippen LogP contribution in [0.25, 0.3) is 0 Å². The van der Waals surface area contributed by atoms with Gasteiger partial charge in [0.2, 0.25) is 10.0 Å². The van der Waals surface area contributed by atoms with Gasteiger partial charge in [-0.3, -0.25) is 4.99 Å². The Bertz CT molecular complexity index is 813. The largest absolute Gasteiger partial charge is 0.373 e. The zero-order chi connectivity index (χ0) is 20.9. The summed E-state index contributed by atoms with van der Waals surface area (Å²) in [6.07, 6.45) is 2.09.